The molecule has 0 heterocycles. The number of hydrogen-bond acceptors (Lipinski definition) is 4. The van der Waals surface area contributed by atoms with E-state index < -0.39 is 11.9 Å². The van der Waals surface area contributed by atoms with Crippen LogP contribution in [0.25, 0.3) is 0 Å². The van der Waals surface area contributed by atoms with Crippen LogP contribution in [-0.4, -0.2) is 24.2 Å². The van der Waals surface area contributed by atoms with Gasteiger partial charge in [-0.25, -0.2) is 9.59 Å². The molecule has 0 aliphatic rings. The van der Waals surface area contributed by atoms with E-state index in [2.05, 4.69) is 10.1 Å². The number of anilines is 1. The van der Waals surface area contributed by atoms with Crippen molar-refractivity contribution in [3.8, 4) is 0 Å². The number of ether oxygens (including phenoxy) is 1. The molecule has 5 nitrogen and oxygen atoms in total. The molecule has 0 atom stereocenters. The van der Waals surface area contributed by atoms with Gasteiger partial charge in [0.15, 0.2) is 0 Å². The molecule has 1 aromatic carbocycles. The zero-order chi connectivity index (χ0) is 13.4. The normalized spacial score (nSPS) is 11.3. The fourth-order valence-electron chi connectivity index (χ4n) is 1.15. The van der Waals surface area contributed by atoms with Crippen molar-refractivity contribution in [1.82, 2.24) is 0 Å². The van der Waals surface area contributed by atoms with Crippen LogP contribution < -0.4 is 5.32 Å². The van der Waals surface area contributed by atoms with E-state index in [0.29, 0.717) is 0 Å². The van der Waals surface area contributed by atoms with E-state index in [9.17, 15) is 9.59 Å². The van der Waals surface area contributed by atoms with Crippen LogP contribution in [0, 0.1) is 0 Å². The fraction of sp³-hybridized carbons (Fsp3) is 0.0769. The maximum atomic E-state index is 11.4. The smallest absolute Gasteiger partial charge is 0.339 e. The highest BCUT2D eigenvalue weighted by Crippen LogP contribution is 2.07. The van der Waals surface area contributed by atoms with Crippen molar-refractivity contribution in [2.24, 2.45) is 0 Å². The molecule has 5 heteroatoms. The number of carbonyl (C=O) groups is 2. The first-order chi connectivity index (χ1) is 8.63. The Kier molecular flexibility index (Phi) is 5.18. The summed E-state index contributed by atoms with van der Waals surface area (Å²) < 4.78 is 4.54. The van der Waals surface area contributed by atoms with Crippen molar-refractivity contribution in [1.29, 1.82) is 0 Å². The number of nitrogens with one attached hydrogen (secondary N) is 1. The number of esters is 1. The number of benzene rings is 1. The van der Waals surface area contributed by atoms with Crippen LogP contribution in [0.15, 0.2) is 54.3 Å². The summed E-state index contributed by atoms with van der Waals surface area (Å²) in [7, 11) is 1.23. The van der Waals surface area contributed by atoms with E-state index in [0.717, 1.165) is 11.8 Å². The van der Waals surface area contributed by atoms with Gasteiger partial charge in [-0.15, -0.1) is 0 Å². The second-order valence-electron chi connectivity index (χ2n) is 3.27. The summed E-state index contributed by atoms with van der Waals surface area (Å²) in [6.45, 7) is 0. The molecular formula is C13H13NO4. The van der Waals surface area contributed by atoms with Gasteiger partial charge in [0.1, 0.15) is 0 Å². The summed E-state index contributed by atoms with van der Waals surface area (Å²) in [5.74, 6) is -1.75. The molecule has 0 fully saturated rings. The number of carboxylic acid groups (broad SMARTS) is 1. The molecule has 0 aromatic heterocycles. The lowest BCUT2D eigenvalue weighted by Gasteiger charge is -2.03. The lowest BCUT2D eigenvalue weighted by Crippen LogP contribution is -2.05. The molecule has 0 saturated heterocycles. The van der Waals surface area contributed by atoms with E-state index in [4.69, 9.17) is 5.11 Å². The van der Waals surface area contributed by atoms with E-state index in [1.165, 1.54) is 19.4 Å². The highest BCUT2D eigenvalue weighted by molar-refractivity contribution is 5.94. The average Bonchev–Trinajstić information content (AvgIpc) is 2.39. The van der Waals surface area contributed by atoms with Gasteiger partial charge in [-0.05, 0) is 18.2 Å². The highest BCUT2D eigenvalue weighted by Gasteiger charge is 2.06. The molecule has 0 bridgehead atoms. The van der Waals surface area contributed by atoms with Gasteiger partial charge in [-0.1, -0.05) is 18.2 Å². The Morgan fingerprint density at radius 2 is 1.89 bits per heavy atom. The summed E-state index contributed by atoms with van der Waals surface area (Å²) >= 11 is 0. The summed E-state index contributed by atoms with van der Waals surface area (Å²) in [4.78, 5) is 21.8. The van der Waals surface area contributed by atoms with Gasteiger partial charge < -0.3 is 15.2 Å². The standard InChI is InChI=1S/C13H13NO4/c1-18-13(17)10(7-8-12(15)16)9-14-11-5-3-2-4-6-11/h2-9,14H,1H3,(H,15,16)/b8-7+,10-9-. The van der Waals surface area contributed by atoms with Gasteiger partial charge in [0.25, 0.3) is 0 Å². The Labute approximate surface area is 104 Å². The van der Waals surface area contributed by atoms with Crippen molar-refractivity contribution in [3.05, 3.63) is 54.3 Å². The Hall–Kier alpha value is -2.56. The lowest BCUT2D eigenvalue weighted by molar-refractivity contribution is -0.135. The second kappa shape index (κ2) is 6.90. The van der Waals surface area contributed by atoms with Gasteiger partial charge >= 0.3 is 11.9 Å². The molecule has 0 amide bonds. The highest BCUT2D eigenvalue weighted by atomic mass is 16.5. The number of methoxy groups -OCH3 is 1. The van der Waals surface area contributed by atoms with Gasteiger partial charge in [-0.3, -0.25) is 0 Å². The first kappa shape index (κ1) is 13.5. The zero-order valence-corrected chi connectivity index (χ0v) is 9.79. The summed E-state index contributed by atoms with van der Waals surface area (Å²) in [6.07, 6.45) is 3.43. The summed E-state index contributed by atoms with van der Waals surface area (Å²) in [5.41, 5.74) is 0.895. The van der Waals surface area contributed by atoms with Crippen LogP contribution in [0.1, 0.15) is 0 Å². The minimum Gasteiger partial charge on any atom is -0.478 e. The van der Waals surface area contributed by atoms with Gasteiger partial charge in [0.2, 0.25) is 0 Å². The first-order valence-corrected chi connectivity index (χ1v) is 5.14. The van der Waals surface area contributed by atoms with Crippen LogP contribution in [0.4, 0.5) is 5.69 Å². The topological polar surface area (TPSA) is 75.6 Å². The predicted molar refractivity (Wildman–Crippen MR) is 66.9 cm³/mol. The molecule has 0 saturated carbocycles. The molecule has 0 aliphatic heterocycles. The van der Waals surface area contributed by atoms with E-state index in [1.54, 1.807) is 0 Å². The quantitative estimate of drug-likeness (QED) is 0.471. The van der Waals surface area contributed by atoms with Gasteiger partial charge in [0.05, 0.1) is 12.7 Å². The van der Waals surface area contributed by atoms with Crippen LogP contribution in [-0.2, 0) is 14.3 Å². The lowest BCUT2D eigenvalue weighted by atomic mass is 10.2. The van der Waals surface area contributed by atoms with E-state index >= 15 is 0 Å². The average molecular weight is 247 g/mol. The van der Waals surface area contributed by atoms with Crippen molar-refractivity contribution in [2.75, 3.05) is 12.4 Å². The van der Waals surface area contributed by atoms with Gasteiger partial charge in [0, 0.05) is 18.0 Å². The third kappa shape index (κ3) is 4.52. The minimum atomic E-state index is -1.13. The SMILES string of the molecule is COC(=O)C(=C\Nc1ccccc1)/C=C/C(=O)O. The largest absolute Gasteiger partial charge is 0.478 e. The number of carbonyl (C=O) groups excluding carboxylic acids is 1. The fourth-order valence-corrected chi connectivity index (χ4v) is 1.15. The maximum Gasteiger partial charge on any atom is 0.339 e. The predicted octanol–water partition coefficient (Wildman–Crippen LogP) is 1.80. The van der Waals surface area contributed by atoms with Gasteiger partial charge in [-0.2, -0.15) is 0 Å². The molecule has 1 rings (SSSR count). The number of rotatable bonds is 5. The Bertz CT molecular complexity index is 477. The number of carboxylic acids is 1. The van der Waals surface area contributed by atoms with Crippen molar-refractivity contribution < 1.29 is 19.4 Å². The molecular weight excluding hydrogens is 234 g/mol. The summed E-state index contributed by atoms with van der Waals surface area (Å²) in [6, 6.07) is 9.15. The number of aliphatic carboxylic acids is 1. The molecule has 0 radical (unpaired) electrons. The first-order valence-electron chi connectivity index (χ1n) is 5.14. The zero-order valence-electron chi connectivity index (χ0n) is 9.79. The number of hydrogen-bond donors (Lipinski definition) is 2. The van der Waals surface area contributed by atoms with E-state index in [-0.39, 0.29) is 5.57 Å². The maximum absolute atomic E-state index is 11.4. The Morgan fingerprint density at radius 1 is 1.22 bits per heavy atom. The second-order valence-corrected chi connectivity index (χ2v) is 3.27. The summed E-state index contributed by atoms with van der Waals surface area (Å²) in [5, 5.41) is 11.4. The van der Waals surface area contributed by atoms with Crippen LogP contribution in [0.3, 0.4) is 0 Å². The Morgan fingerprint density at radius 3 is 2.44 bits per heavy atom. The van der Waals surface area contributed by atoms with Crippen LogP contribution >= 0.6 is 0 Å². The molecule has 0 spiro atoms. The molecule has 18 heavy (non-hydrogen) atoms. The third-order valence-electron chi connectivity index (χ3n) is 1.99. The number of para-hydroxylation sites is 1. The van der Waals surface area contributed by atoms with E-state index in [1.807, 2.05) is 30.3 Å². The minimum absolute atomic E-state index is 0.115. The van der Waals surface area contributed by atoms with Crippen molar-refractivity contribution >= 4 is 17.6 Å². The molecule has 0 unspecified atom stereocenters. The molecule has 2 N–H and O–H groups in total. The van der Waals surface area contributed by atoms with Crippen LogP contribution in [0.5, 0.6) is 0 Å². The molecule has 1 aromatic rings. The van der Waals surface area contributed by atoms with Crippen molar-refractivity contribution in [3.63, 3.8) is 0 Å². The third-order valence-corrected chi connectivity index (χ3v) is 1.99. The molecule has 0 aliphatic carbocycles. The Balaban J connectivity index is 2.83. The van der Waals surface area contributed by atoms with Crippen molar-refractivity contribution in [2.45, 2.75) is 0 Å². The van der Waals surface area contributed by atoms with Crippen LogP contribution in [0.2, 0.25) is 0 Å². The molecule has 94 valence electrons. The monoisotopic (exact) mass is 247 g/mol.